The van der Waals surface area contributed by atoms with Crippen molar-refractivity contribution in [2.24, 2.45) is 0 Å². The number of rotatable bonds is 6. The third-order valence-corrected chi connectivity index (χ3v) is 7.62. The Labute approximate surface area is 231 Å². The number of nitrogens with zero attached hydrogens (tertiary/aromatic N) is 3. The van der Waals surface area contributed by atoms with Crippen LogP contribution in [-0.2, 0) is 5.54 Å². The van der Waals surface area contributed by atoms with E-state index in [1.165, 1.54) is 0 Å². The summed E-state index contributed by atoms with van der Waals surface area (Å²) < 4.78 is 0.795. The molecule has 6 rings (SSSR count). The molecule has 1 saturated heterocycles. The van der Waals surface area contributed by atoms with Crippen LogP contribution in [0.4, 0.5) is 10.5 Å². The van der Waals surface area contributed by atoms with Gasteiger partial charge in [-0.05, 0) is 56.9 Å². The van der Waals surface area contributed by atoms with Gasteiger partial charge in [-0.25, -0.2) is 9.78 Å². The van der Waals surface area contributed by atoms with Gasteiger partial charge in [0.15, 0.2) is 0 Å². The molecule has 1 aliphatic rings. The fourth-order valence-corrected chi connectivity index (χ4v) is 5.82. The standard InChI is InChI=1S/C33H26BrN3O/c34-31-18-10-17-30(35-31)25-19-21-29(22-20-25)36-23-24-37(32(36)38)33(26-11-4-1-5-12-26,27-13-6-2-7-14-27)28-15-8-3-9-16-28/h1-22H,23-24H2. The predicted molar refractivity (Wildman–Crippen MR) is 156 cm³/mol. The van der Waals surface area contributed by atoms with E-state index in [1.54, 1.807) is 0 Å². The molecule has 0 unspecified atom stereocenters. The number of carbonyl (C=O) groups excluding carboxylic acids is 1. The quantitative estimate of drug-likeness (QED) is 0.157. The van der Waals surface area contributed by atoms with E-state index in [-0.39, 0.29) is 6.03 Å². The number of pyridine rings is 1. The fraction of sp³-hybridized carbons (Fsp3) is 0.0909. The van der Waals surface area contributed by atoms with Crippen LogP contribution in [0.25, 0.3) is 11.3 Å². The lowest BCUT2D eigenvalue weighted by atomic mass is 9.75. The number of anilines is 1. The lowest BCUT2D eigenvalue weighted by Gasteiger charge is -2.43. The van der Waals surface area contributed by atoms with Gasteiger partial charge in [0.1, 0.15) is 10.1 Å². The van der Waals surface area contributed by atoms with Crippen molar-refractivity contribution < 1.29 is 4.79 Å². The van der Waals surface area contributed by atoms with Gasteiger partial charge in [-0.3, -0.25) is 4.90 Å². The molecule has 4 aromatic carbocycles. The monoisotopic (exact) mass is 559 g/mol. The van der Waals surface area contributed by atoms with Gasteiger partial charge in [-0.2, -0.15) is 0 Å². The van der Waals surface area contributed by atoms with Crippen LogP contribution in [0, 0.1) is 0 Å². The number of carbonyl (C=O) groups is 1. The highest BCUT2D eigenvalue weighted by atomic mass is 79.9. The summed E-state index contributed by atoms with van der Waals surface area (Å²) >= 11 is 3.45. The molecule has 1 fully saturated rings. The molecule has 5 heteroatoms. The van der Waals surface area contributed by atoms with E-state index in [9.17, 15) is 4.79 Å². The molecular formula is C33H26BrN3O. The van der Waals surface area contributed by atoms with Crippen molar-refractivity contribution in [2.75, 3.05) is 18.0 Å². The second-order valence-electron chi connectivity index (χ2n) is 9.29. The molecular weight excluding hydrogens is 534 g/mol. The van der Waals surface area contributed by atoms with Crippen molar-refractivity contribution >= 4 is 27.6 Å². The van der Waals surface area contributed by atoms with Crippen LogP contribution in [0.1, 0.15) is 16.7 Å². The zero-order valence-electron chi connectivity index (χ0n) is 20.7. The molecule has 5 aromatic rings. The molecule has 0 bridgehead atoms. The highest BCUT2D eigenvalue weighted by molar-refractivity contribution is 9.10. The zero-order chi connectivity index (χ0) is 26.0. The molecule has 1 aliphatic heterocycles. The first kappa shape index (κ1) is 24.1. The van der Waals surface area contributed by atoms with Gasteiger partial charge in [-0.15, -0.1) is 0 Å². The molecule has 0 atom stereocenters. The summed E-state index contributed by atoms with van der Waals surface area (Å²) in [7, 11) is 0. The molecule has 1 aromatic heterocycles. The SMILES string of the molecule is O=C1N(c2ccc(-c3cccc(Br)n3)cc2)CCN1C(c1ccccc1)(c1ccccc1)c1ccccc1. The Morgan fingerprint density at radius 1 is 0.605 bits per heavy atom. The van der Waals surface area contributed by atoms with Crippen LogP contribution >= 0.6 is 15.9 Å². The number of hydrogen-bond donors (Lipinski definition) is 0. The summed E-state index contributed by atoms with van der Waals surface area (Å²) in [4.78, 5) is 22.8. The van der Waals surface area contributed by atoms with Gasteiger partial charge in [0.25, 0.3) is 0 Å². The van der Waals surface area contributed by atoms with E-state index in [2.05, 4.69) is 57.3 Å². The van der Waals surface area contributed by atoms with E-state index in [0.29, 0.717) is 13.1 Å². The van der Waals surface area contributed by atoms with Crippen molar-refractivity contribution in [2.45, 2.75) is 5.54 Å². The number of hydrogen-bond acceptors (Lipinski definition) is 2. The minimum Gasteiger partial charge on any atom is -0.305 e. The smallest absolute Gasteiger partial charge is 0.305 e. The Morgan fingerprint density at radius 2 is 1.13 bits per heavy atom. The van der Waals surface area contributed by atoms with Crippen LogP contribution in [0.15, 0.2) is 138 Å². The van der Waals surface area contributed by atoms with Crippen LogP contribution < -0.4 is 4.90 Å². The third kappa shape index (κ3) is 4.19. The number of benzene rings is 4. The Balaban J connectivity index is 1.43. The van der Waals surface area contributed by atoms with E-state index in [1.807, 2.05) is 107 Å². The topological polar surface area (TPSA) is 36.4 Å². The normalized spacial score (nSPS) is 13.7. The average Bonchev–Trinajstić information content (AvgIpc) is 3.36. The summed E-state index contributed by atoms with van der Waals surface area (Å²) in [6, 6.07) is 45.0. The number of urea groups is 1. The van der Waals surface area contributed by atoms with E-state index in [4.69, 9.17) is 0 Å². The Morgan fingerprint density at radius 3 is 1.63 bits per heavy atom. The van der Waals surface area contributed by atoms with Gasteiger partial charge < -0.3 is 4.90 Å². The summed E-state index contributed by atoms with van der Waals surface area (Å²) in [5.41, 5.74) is 5.17. The van der Waals surface area contributed by atoms with Crippen LogP contribution in [-0.4, -0.2) is 29.0 Å². The van der Waals surface area contributed by atoms with Crippen LogP contribution in [0.5, 0.6) is 0 Å². The summed E-state index contributed by atoms with van der Waals surface area (Å²) in [5, 5.41) is 0. The van der Waals surface area contributed by atoms with E-state index < -0.39 is 5.54 Å². The third-order valence-electron chi connectivity index (χ3n) is 7.18. The van der Waals surface area contributed by atoms with Crippen LogP contribution in [0.2, 0.25) is 0 Å². The molecule has 0 aliphatic carbocycles. The van der Waals surface area contributed by atoms with Crippen molar-refractivity contribution in [3.05, 3.63) is 155 Å². The van der Waals surface area contributed by atoms with Crippen LogP contribution in [0.3, 0.4) is 0 Å². The second-order valence-corrected chi connectivity index (χ2v) is 10.1. The van der Waals surface area contributed by atoms with E-state index in [0.717, 1.165) is 38.2 Å². The van der Waals surface area contributed by atoms with Gasteiger partial charge >= 0.3 is 6.03 Å². The predicted octanol–water partition coefficient (Wildman–Crippen LogP) is 7.75. The molecule has 38 heavy (non-hydrogen) atoms. The van der Waals surface area contributed by atoms with Gasteiger partial charge in [0, 0.05) is 24.3 Å². The van der Waals surface area contributed by atoms with Crippen molar-refractivity contribution in [3.8, 4) is 11.3 Å². The minimum atomic E-state index is -0.768. The molecule has 2 amide bonds. The van der Waals surface area contributed by atoms with Gasteiger partial charge in [-0.1, -0.05) is 109 Å². The number of aromatic nitrogens is 1. The van der Waals surface area contributed by atoms with Crippen molar-refractivity contribution in [1.82, 2.24) is 9.88 Å². The maximum atomic E-state index is 14.3. The molecule has 0 N–H and O–H groups in total. The number of amides is 2. The number of halogens is 1. The summed E-state index contributed by atoms with van der Waals surface area (Å²) in [5.74, 6) is 0. The molecule has 0 spiro atoms. The first-order valence-electron chi connectivity index (χ1n) is 12.7. The lowest BCUT2D eigenvalue weighted by molar-refractivity contribution is 0.184. The second kappa shape index (κ2) is 10.3. The zero-order valence-corrected chi connectivity index (χ0v) is 22.3. The fourth-order valence-electron chi connectivity index (χ4n) is 5.47. The van der Waals surface area contributed by atoms with Crippen molar-refractivity contribution in [1.29, 1.82) is 0 Å². The molecule has 2 heterocycles. The summed E-state index contributed by atoms with van der Waals surface area (Å²) in [6.45, 7) is 1.19. The maximum Gasteiger partial charge on any atom is 0.325 e. The van der Waals surface area contributed by atoms with E-state index >= 15 is 0 Å². The highest BCUT2D eigenvalue weighted by Crippen LogP contribution is 2.44. The van der Waals surface area contributed by atoms with Crippen molar-refractivity contribution in [3.63, 3.8) is 0 Å². The first-order chi connectivity index (χ1) is 18.7. The molecule has 0 saturated carbocycles. The maximum absolute atomic E-state index is 14.3. The molecule has 186 valence electrons. The lowest BCUT2D eigenvalue weighted by Crippen LogP contribution is -2.50. The minimum absolute atomic E-state index is 0.0186. The summed E-state index contributed by atoms with van der Waals surface area (Å²) in [6.07, 6.45) is 0. The first-order valence-corrected chi connectivity index (χ1v) is 13.5. The van der Waals surface area contributed by atoms with Gasteiger partial charge in [0.2, 0.25) is 0 Å². The highest BCUT2D eigenvalue weighted by Gasteiger charge is 2.48. The Hall–Kier alpha value is -4.22. The molecule has 0 radical (unpaired) electrons. The Bertz CT molecular complexity index is 1440. The molecule has 4 nitrogen and oxygen atoms in total. The Kier molecular flexibility index (Phi) is 6.52. The average molecular weight is 560 g/mol. The van der Waals surface area contributed by atoms with Gasteiger partial charge in [0.05, 0.1) is 5.69 Å². The largest absolute Gasteiger partial charge is 0.325 e.